The van der Waals surface area contributed by atoms with Crippen LogP contribution in [-0.2, 0) is 10.1 Å². The normalized spacial score (nSPS) is 10.5. The maximum Gasteiger partial charge on any atom is 1.00 e. The minimum absolute atomic E-state index is 0. The van der Waals surface area contributed by atoms with Crippen LogP contribution in [-0.4, -0.2) is 25.3 Å². The van der Waals surface area contributed by atoms with E-state index in [-0.39, 0.29) is 36.2 Å². The van der Waals surface area contributed by atoms with Gasteiger partial charge in [-0.2, -0.15) is 0 Å². The number of hydrogen-bond acceptors (Lipinski definition) is 5. The molecule has 1 heterocycles. The third kappa shape index (κ3) is 6.48. The second-order valence-electron chi connectivity index (χ2n) is 2.07. The molecule has 68 valence electrons. The third-order valence-electron chi connectivity index (χ3n) is 1.10. The molecular formula is C6H7NaO4S2. The van der Waals surface area contributed by atoms with Crippen LogP contribution in [0.3, 0.4) is 0 Å². The van der Waals surface area contributed by atoms with E-state index >= 15 is 0 Å². The van der Waals surface area contributed by atoms with Gasteiger partial charge in [0.1, 0.15) is 12.4 Å². The van der Waals surface area contributed by atoms with Crippen LogP contribution in [0, 0.1) is 0 Å². The van der Waals surface area contributed by atoms with Crippen molar-refractivity contribution in [3.05, 3.63) is 16.8 Å². The molecule has 0 fully saturated rings. The first kappa shape index (κ1) is 13.4. The fourth-order valence-electron chi connectivity index (χ4n) is 0.596. The molecule has 4 nitrogen and oxygen atoms in total. The molecule has 13 heavy (non-hydrogen) atoms. The molecule has 0 radical (unpaired) electrons. The molecule has 0 spiro atoms. The fourth-order valence-corrected chi connectivity index (χ4v) is 1.46. The van der Waals surface area contributed by atoms with Gasteiger partial charge in [0.2, 0.25) is 0 Å². The summed E-state index contributed by atoms with van der Waals surface area (Å²) < 4.78 is 35.3. The molecule has 0 N–H and O–H groups in total. The molecule has 0 saturated carbocycles. The van der Waals surface area contributed by atoms with Crippen LogP contribution in [0.2, 0.25) is 0 Å². The van der Waals surface area contributed by atoms with Crippen molar-refractivity contribution >= 4 is 21.5 Å². The number of ether oxygens (including phenoxy) is 1. The predicted molar refractivity (Wildman–Crippen MR) is 44.4 cm³/mol. The van der Waals surface area contributed by atoms with Crippen molar-refractivity contribution in [2.75, 3.05) is 12.4 Å². The first-order valence-corrected chi connectivity index (χ1v) is 5.68. The van der Waals surface area contributed by atoms with Crippen LogP contribution in [0.15, 0.2) is 16.8 Å². The van der Waals surface area contributed by atoms with Crippen LogP contribution >= 0.6 is 11.3 Å². The molecule has 0 amide bonds. The van der Waals surface area contributed by atoms with E-state index in [4.69, 9.17) is 4.74 Å². The Kier molecular flexibility index (Phi) is 6.19. The van der Waals surface area contributed by atoms with E-state index in [1.807, 2.05) is 0 Å². The van der Waals surface area contributed by atoms with Gasteiger partial charge in [-0.15, -0.1) is 11.3 Å². The van der Waals surface area contributed by atoms with E-state index in [1.165, 1.54) is 11.3 Å². The quantitative estimate of drug-likeness (QED) is 0.430. The van der Waals surface area contributed by atoms with Gasteiger partial charge >= 0.3 is 29.6 Å². The molecule has 0 saturated heterocycles. The van der Waals surface area contributed by atoms with E-state index in [2.05, 4.69) is 0 Å². The topological polar surface area (TPSA) is 66.4 Å². The predicted octanol–water partition coefficient (Wildman–Crippen LogP) is -2.32. The monoisotopic (exact) mass is 230 g/mol. The second kappa shape index (κ2) is 6.00. The number of hydrogen-bond donors (Lipinski definition) is 0. The van der Waals surface area contributed by atoms with Crippen molar-refractivity contribution in [2.24, 2.45) is 0 Å². The average molecular weight is 230 g/mol. The Hall–Kier alpha value is 0.410. The van der Waals surface area contributed by atoms with Crippen molar-refractivity contribution in [1.29, 1.82) is 0 Å². The zero-order valence-corrected chi connectivity index (χ0v) is 10.7. The average Bonchev–Trinajstić information content (AvgIpc) is 2.36. The standard InChI is InChI=1S/C6H8O4S2.Na/c7-12(8,9)4-2-10-6-1-3-11-5-6;/h1,3,5H,2,4H2,(H,7,8,9);/q;+1/p-1. The Morgan fingerprint density at radius 3 is 2.69 bits per heavy atom. The molecule has 0 atom stereocenters. The second-order valence-corrected chi connectivity index (χ2v) is 4.37. The van der Waals surface area contributed by atoms with E-state index in [0.717, 1.165) is 0 Å². The van der Waals surface area contributed by atoms with Gasteiger partial charge in [0, 0.05) is 5.38 Å². The minimum atomic E-state index is -4.15. The molecule has 0 aliphatic carbocycles. The summed E-state index contributed by atoms with van der Waals surface area (Å²) in [6, 6.07) is 1.71. The summed E-state index contributed by atoms with van der Waals surface area (Å²) in [5, 5.41) is 3.54. The Bertz CT molecular complexity index is 318. The molecule has 1 aromatic heterocycles. The van der Waals surface area contributed by atoms with Crippen molar-refractivity contribution in [3.63, 3.8) is 0 Å². The van der Waals surface area contributed by atoms with Crippen LogP contribution in [0.5, 0.6) is 5.75 Å². The Labute approximate surface area is 103 Å². The Morgan fingerprint density at radius 2 is 2.23 bits per heavy atom. The van der Waals surface area contributed by atoms with E-state index in [0.29, 0.717) is 5.75 Å². The summed E-state index contributed by atoms with van der Waals surface area (Å²) >= 11 is 1.44. The number of thiophene rings is 1. The van der Waals surface area contributed by atoms with E-state index in [9.17, 15) is 13.0 Å². The first-order chi connectivity index (χ1) is 5.58. The van der Waals surface area contributed by atoms with Crippen LogP contribution in [0.25, 0.3) is 0 Å². The molecule has 0 aliphatic rings. The zero-order chi connectivity index (χ0) is 9.03. The van der Waals surface area contributed by atoms with E-state index < -0.39 is 15.9 Å². The fraction of sp³-hybridized carbons (Fsp3) is 0.333. The van der Waals surface area contributed by atoms with Gasteiger partial charge in [-0.1, -0.05) is 0 Å². The molecule has 1 rings (SSSR count). The molecule has 7 heteroatoms. The van der Waals surface area contributed by atoms with Gasteiger partial charge in [0.05, 0.1) is 15.9 Å². The molecular weight excluding hydrogens is 223 g/mol. The van der Waals surface area contributed by atoms with Crippen molar-refractivity contribution in [3.8, 4) is 5.75 Å². The molecule has 0 bridgehead atoms. The summed E-state index contributed by atoms with van der Waals surface area (Å²) in [6.07, 6.45) is 0. The van der Waals surface area contributed by atoms with Crippen molar-refractivity contribution in [2.45, 2.75) is 0 Å². The summed E-state index contributed by atoms with van der Waals surface area (Å²) in [5.74, 6) is 0.117. The summed E-state index contributed by atoms with van der Waals surface area (Å²) in [7, 11) is -4.15. The third-order valence-corrected chi connectivity index (χ3v) is 2.43. The summed E-state index contributed by atoms with van der Waals surface area (Å²) in [5.41, 5.74) is 0. The Morgan fingerprint density at radius 1 is 1.54 bits per heavy atom. The Balaban J connectivity index is 0.00000144. The smallest absolute Gasteiger partial charge is 0.748 e. The van der Waals surface area contributed by atoms with Gasteiger partial charge < -0.3 is 9.29 Å². The zero-order valence-electron chi connectivity index (χ0n) is 7.10. The van der Waals surface area contributed by atoms with Gasteiger partial charge in [-0.25, -0.2) is 8.42 Å². The van der Waals surface area contributed by atoms with Gasteiger partial charge in [-0.05, 0) is 11.4 Å². The van der Waals surface area contributed by atoms with E-state index in [1.54, 1.807) is 16.8 Å². The SMILES string of the molecule is O=S(=O)([O-])CCOc1ccsc1.[Na+]. The van der Waals surface area contributed by atoms with Gasteiger partial charge in [0.25, 0.3) is 0 Å². The van der Waals surface area contributed by atoms with Gasteiger partial charge in [0.15, 0.2) is 0 Å². The van der Waals surface area contributed by atoms with Crippen molar-refractivity contribution < 1.29 is 47.3 Å². The molecule has 0 aliphatic heterocycles. The van der Waals surface area contributed by atoms with Crippen LogP contribution in [0.1, 0.15) is 0 Å². The minimum Gasteiger partial charge on any atom is -0.748 e. The first-order valence-electron chi connectivity index (χ1n) is 3.16. The maximum absolute atomic E-state index is 10.1. The molecule has 1 aromatic rings. The number of rotatable bonds is 4. The summed E-state index contributed by atoms with van der Waals surface area (Å²) in [4.78, 5) is 0. The largest absolute Gasteiger partial charge is 1.00 e. The van der Waals surface area contributed by atoms with Crippen LogP contribution in [0.4, 0.5) is 0 Å². The van der Waals surface area contributed by atoms with Crippen molar-refractivity contribution in [1.82, 2.24) is 0 Å². The summed E-state index contributed by atoms with van der Waals surface area (Å²) in [6.45, 7) is -0.0808. The maximum atomic E-state index is 10.1. The van der Waals surface area contributed by atoms with Gasteiger partial charge in [-0.3, -0.25) is 0 Å². The molecule has 0 aromatic carbocycles. The molecule has 0 unspecified atom stereocenters. The van der Waals surface area contributed by atoms with Crippen LogP contribution < -0.4 is 34.3 Å².